The van der Waals surface area contributed by atoms with E-state index in [0.29, 0.717) is 6.61 Å². The third kappa shape index (κ3) is 1.98. The zero-order chi connectivity index (χ0) is 10.7. The maximum Gasteiger partial charge on any atom is 0.156 e. The Bertz CT molecular complexity index is 454. The molecule has 78 valence electrons. The third-order valence-corrected chi connectivity index (χ3v) is 2.06. The van der Waals surface area contributed by atoms with E-state index < -0.39 is 0 Å². The van der Waals surface area contributed by atoms with E-state index in [9.17, 15) is 0 Å². The predicted octanol–water partition coefficient (Wildman–Crippen LogP) is 2.32. The van der Waals surface area contributed by atoms with Crippen molar-refractivity contribution in [1.29, 1.82) is 0 Å². The smallest absolute Gasteiger partial charge is 0.156 e. The molecule has 0 amide bonds. The molecule has 0 radical (unpaired) electrons. The SMILES string of the molecule is CCO/N=C(\C)c1nc2ccccc2[nH]1. The Morgan fingerprint density at radius 1 is 1.47 bits per heavy atom. The normalized spacial score (nSPS) is 12.0. The fourth-order valence-corrected chi connectivity index (χ4v) is 1.33. The molecule has 2 rings (SSSR count). The lowest BCUT2D eigenvalue weighted by Gasteiger charge is -1.94. The molecule has 1 aromatic carbocycles. The standard InChI is InChI=1S/C11H13N3O/c1-3-15-14-8(2)11-12-9-6-4-5-7-10(9)13-11/h4-7H,3H2,1-2H3,(H,12,13)/b14-8+. The summed E-state index contributed by atoms with van der Waals surface area (Å²) in [6, 6.07) is 7.88. The molecule has 0 saturated carbocycles. The zero-order valence-corrected chi connectivity index (χ0v) is 8.82. The predicted molar refractivity (Wildman–Crippen MR) is 59.9 cm³/mol. The van der Waals surface area contributed by atoms with Crippen LogP contribution in [0, 0.1) is 0 Å². The lowest BCUT2D eigenvalue weighted by molar-refractivity contribution is 0.158. The number of nitrogens with zero attached hydrogens (tertiary/aromatic N) is 2. The first-order valence-corrected chi connectivity index (χ1v) is 4.93. The number of oxime groups is 1. The minimum absolute atomic E-state index is 0.567. The number of fused-ring (bicyclic) bond motifs is 1. The zero-order valence-electron chi connectivity index (χ0n) is 8.82. The summed E-state index contributed by atoms with van der Waals surface area (Å²) in [5.41, 5.74) is 2.71. The molecule has 0 aliphatic rings. The van der Waals surface area contributed by atoms with Crippen LogP contribution in [0.2, 0.25) is 0 Å². The second-order valence-corrected chi connectivity index (χ2v) is 3.20. The van der Waals surface area contributed by atoms with Gasteiger partial charge in [-0.3, -0.25) is 0 Å². The average molecular weight is 203 g/mol. The van der Waals surface area contributed by atoms with Crippen LogP contribution in [0.5, 0.6) is 0 Å². The second-order valence-electron chi connectivity index (χ2n) is 3.20. The maximum atomic E-state index is 4.97. The third-order valence-electron chi connectivity index (χ3n) is 2.06. The van der Waals surface area contributed by atoms with Crippen molar-refractivity contribution in [2.45, 2.75) is 13.8 Å². The van der Waals surface area contributed by atoms with Crippen molar-refractivity contribution in [2.75, 3.05) is 6.61 Å². The van der Waals surface area contributed by atoms with E-state index >= 15 is 0 Å². The number of H-pyrrole nitrogens is 1. The fraction of sp³-hybridized carbons (Fsp3) is 0.273. The molecule has 2 aromatic rings. The molecule has 0 saturated heterocycles. The van der Waals surface area contributed by atoms with Crippen LogP contribution in [-0.4, -0.2) is 22.3 Å². The maximum absolute atomic E-state index is 4.97. The van der Waals surface area contributed by atoms with Gasteiger partial charge in [-0.25, -0.2) is 4.98 Å². The Morgan fingerprint density at radius 3 is 3.00 bits per heavy atom. The Labute approximate surface area is 88.0 Å². The van der Waals surface area contributed by atoms with Gasteiger partial charge in [0.15, 0.2) is 5.82 Å². The molecule has 0 unspecified atom stereocenters. The van der Waals surface area contributed by atoms with Crippen molar-refractivity contribution >= 4 is 16.7 Å². The molecule has 1 aromatic heterocycles. The number of hydrogen-bond acceptors (Lipinski definition) is 3. The fourth-order valence-electron chi connectivity index (χ4n) is 1.33. The van der Waals surface area contributed by atoms with Gasteiger partial charge in [0.2, 0.25) is 0 Å². The average Bonchev–Trinajstić information content (AvgIpc) is 2.69. The van der Waals surface area contributed by atoms with Crippen LogP contribution in [-0.2, 0) is 4.84 Å². The highest BCUT2D eigenvalue weighted by Gasteiger charge is 2.04. The van der Waals surface area contributed by atoms with Crippen LogP contribution >= 0.6 is 0 Å². The molecule has 0 atom stereocenters. The van der Waals surface area contributed by atoms with E-state index in [1.807, 2.05) is 38.1 Å². The number of aromatic amines is 1. The lowest BCUT2D eigenvalue weighted by Crippen LogP contribution is -1.98. The summed E-state index contributed by atoms with van der Waals surface area (Å²) in [5.74, 6) is 0.754. The van der Waals surface area contributed by atoms with Gasteiger partial charge < -0.3 is 9.82 Å². The first-order valence-electron chi connectivity index (χ1n) is 4.93. The summed E-state index contributed by atoms with van der Waals surface area (Å²) < 4.78 is 0. The van der Waals surface area contributed by atoms with Crippen LogP contribution in [0.15, 0.2) is 29.4 Å². The highest BCUT2D eigenvalue weighted by molar-refractivity contribution is 5.97. The Hall–Kier alpha value is -1.84. The van der Waals surface area contributed by atoms with Crippen LogP contribution in [0.3, 0.4) is 0 Å². The van der Waals surface area contributed by atoms with E-state index in [0.717, 1.165) is 22.6 Å². The minimum Gasteiger partial charge on any atom is -0.396 e. The van der Waals surface area contributed by atoms with Gasteiger partial charge in [-0.15, -0.1) is 0 Å². The van der Waals surface area contributed by atoms with Gasteiger partial charge in [0.05, 0.1) is 11.0 Å². The van der Waals surface area contributed by atoms with Gasteiger partial charge in [0.1, 0.15) is 12.3 Å². The number of imidazole rings is 1. The molecule has 0 fully saturated rings. The number of nitrogens with one attached hydrogen (secondary N) is 1. The first-order chi connectivity index (χ1) is 7.31. The van der Waals surface area contributed by atoms with E-state index in [-0.39, 0.29) is 0 Å². The molecule has 15 heavy (non-hydrogen) atoms. The molecule has 0 aliphatic carbocycles. The van der Waals surface area contributed by atoms with E-state index in [1.54, 1.807) is 0 Å². The van der Waals surface area contributed by atoms with E-state index in [2.05, 4.69) is 15.1 Å². The molecule has 0 aliphatic heterocycles. The number of benzene rings is 1. The first kappa shape index (κ1) is 9.71. The lowest BCUT2D eigenvalue weighted by atomic mass is 10.3. The quantitative estimate of drug-likeness (QED) is 0.614. The Morgan fingerprint density at radius 2 is 2.27 bits per heavy atom. The molecule has 4 nitrogen and oxygen atoms in total. The van der Waals surface area contributed by atoms with Gasteiger partial charge in [-0.2, -0.15) is 0 Å². The summed E-state index contributed by atoms with van der Waals surface area (Å²) in [7, 11) is 0. The molecule has 4 heteroatoms. The van der Waals surface area contributed by atoms with Crippen LogP contribution < -0.4 is 0 Å². The molecule has 0 spiro atoms. The van der Waals surface area contributed by atoms with Crippen molar-refractivity contribution in [1.82, 2.24) is 9.97 Å². The molecule has 1 heterocycles. The number of aromatic nitrogens is 2. The van der Waals surface area contributed by atoms with Crippen molar-refractivity contribution in [3.8, 4) is 0 Å². The van der Waals surface area contributed by atoms with Crippen LogP contribution in [0.4, 0.5) is 0 Å². The minimum atomic E-state index is 0.567. The van der Waals surface area contributed by atoms with Gasteiger partial charge in [-0.1, -0.05) is 17.3 Å². The number of hydrogen-bond donors (Lipinski definition) is 1. The van der Waals surface area contributed by atoms with Gasteiger partial charge in [0, 0.05) is 0 Å². The monoisotopic (exact) mass is 203 g/mol. The summed E-state index contributed by atoms with van der Waals surface area (Å²) in [4.78, 5) is 12.6. The van der Waals surface area contributed by atoms with Gasteiger partial charge in [0.25, 0.3) is 0 Å². The molecule has 1 N–H and O–H groups in total. The summed E-state index contributed by atoms with van der Waals surface area (Å²) in [6.07, 6.45) is 0. The van der Waals surface area contributed by atoms with E-state index in [4.69, 9.17) is 4.84 Å². The molecular formula is C11H13N3O. The van der Waals surface area contributed by atoms with Crippen LogP contribution in [0.1, 0.15) is 19.7 Å². The van der Waals surface area contributed by atoms with Crippen molar-refractivity contribution in [3.05, 3.63) is 30.1 Å². The van der Waals surface area contributed by atoms with E-state index in [1.165, 1.54) is 0 Å². The topological polar surface area (TPSA) is 50.3 Å². The van der Waals surface area contributed by atoms with Crippen LogP contribution in [0.25, 0.3) is 11.0 Å². The number of para-hydroxylation sites is 2. The second kappa shape index (κ2) is 4.13. The van der Waals surface area contributed by atoms with Crippen molar-refractivity contribution < 1.29 is 4.84 Å². The Balaban J connectivity index is 2.36. The molecular weight excluding hydrogens is 190 g/mol. The summed E-state index contributed by atoms with van der Waals surface area (Å²) >= 11 is 0. The van der Waals surface area contributed by atoms with Crippen molar-refractivity contribution in [3.63, 3.8) is 0 Å². The number of rotatable bonds is 3. The summed E-state index contributed by atoms with van der Waals surface area (Å²) in [5, 5.41) is 3.93. The van der Waals surface area contributed by atoms with Gasteiger partial charge in [-0.05, 0) is 26.0 Å². The highest BCUT2D eigenvalue weighted by atomic mass is 16.6. The van der Waals surface area contributed by atoms with Crippen molar-refractivity contribution in [2.24, 2.45) is 5.16 Å². The largest absolute Gasteiger partial charge is 0.396 e. The highest BCUT2D eigenvalue weighted by Crippen LogP contribution is 2.10. The molecule has 0 bridgehead atoms. The Kier molecular flexibility index (Phi) is 2.67. The van der Waals surface area contributed by atoms with Gasteiger partial charge >= 0.3 is 0 Å². The summed E-state index contributed by atoms with van der Waals surface area (Å²) in [6.45, 7) is 4.33.